The van der Waals surface area contributed by atoms with Crippen LogP contribution in [0.2, 0.25) is 0 Å². The van der Waals surface area contributed by atoms with E-state index in [2.05, 4.69) is 15.8 Å². The summed E-state index contributed by atoms with van der Waals surface area (Å²) in [5, 5.41) is 26.8. The minimum atomic E-state index is -0.686. The van der Waals surface area contributed by atoms with Crippen LogP contribution < -0.4 is 10.7 Å². The highest BCUT2D eigenvalue weighted by molar-refractivity contribution is 5.85. The number of aromatic hydroxyl groups is 1. The number of aryl methyl sites for hydroxylation is 1. The number of hydrogen-bond acceptors (Lipinski definition) is 6. The summed E-state index contributed by atoms with van der Waals surface area (Å²) in [4.78, 5) is 21.6. The zero-order valence-electron chi connectivity index (χ0n) is 12.9. The van der Waals surface area contributed by atoms with Gasteiger partial charge in [0.15, 0.2) is 5.75 Å². The molecule has 0 bridgehead atoms. The van der Waals surface area contributed by atoms with Crippen LogP contribution in [0.15, 0.2) is 47.6 Å². The van der Waals surface area contributed by atoms with E-state index in [0.717, 1.165) is 17.3 Å². The molecule has 0 fully saturated rings. The molecule has 0 aliphatic rings. The molecular weight excluding hydrogens is 312 g/mol. The molecule has 0 unspecified atom stereocenters. The molecule has 3 N–H and O–H groups in total. The number of carbonyl (C=O) groups is 1. The molecule has 0 aromatic heterocycles. The zero-order chi connectivity index (χ0) is 17.5. The lowest BCUT2D eigenvalue weighted by Crippen LogP contribution is -2.25. The lowest BCUT2D eigenvalue weighted by molar-refractivity contribution is -0.385. The molecule has 24 heavy (non-hydrogen) atoms. The zero-order valence-corrected chi connectivity index (χ0v) is 12.9. The number of hydrazone groups is 1. The smallest absolute Gasteiger partial charge is 0.310 e. The summed E-state index contributed by atoms with van der Waals surface area (Å²) in [6.45, 7) is 2.02. The maximum atomic E-state index is 11.7. The van der Waals surface area contributed by atoms with Crippen LogP contribution in [0.5, 0.6) is 5.75 Å². The number of nitrogens with zero attached hydrogens (tertiary/aromatic N) is 2. The van der Waals surface area contributed by atoms with Crippen molar-refractivity contribution in [3.63, 3.8) is 0 Å². The van der Waals surface area contributed by atoms with Gasteiger partial charge in [0.2, 0.25) is 0 Å². The molecule has 2 rings (SSSR count). The predicted molar refractivity (Wildman–Crippen MR) is 90.2 cm³/mol. The van der Waals surface area contributed by atoms with Gasteiger partial charge in [0.25, 0.3) is 5.91 Å². The summed E-state index contributed by atoms with van der Waals surface area (Å²) < 4.78 is 0. The third-order valence-electron chi connectivity index (χ3n) is 3.10. The van der Waals surface area contributed by atoms with Crippen molar-refractivity contribution in [1.29, 1.82) is 0 Å². The van der Waals surface area contributed by atoms with Gasteiger partial charge in [0.05, 0.1) is 17.7 Å². The predicted octanol–water partition coefficient (Wildman–Crippen LogP) is 2.17. The lowest BCUT2D eigenvalue weighted by atomic mass is 10.2. The minimum absolute atomic E-state index is 0.0475. The van der Waals surface area contributed by atoms with Crippen molar-refractivity contribution >= 4 is 23.5 Å². The molecule has 0 aliphatic carbocycles. The highest BCUT2D eigenvalue weighted by Gasteiger charge is 2.12. The number of nitro groups is 1. The summed E-state index contributed by atoms with van der Waals surface area (Å²) in [5.74, 6) is -0.811. The second kappa shape index (κ2) is 7.73. The monoisotopic (exact) mass is 328 g/mol. The summed E-state index contributed by atoms with van der Waals surface area (Å²) in [5.41, 5.74) is 4.30. The Kier molecular flexibility index (Phi) is 5.45. The SMILES string of the molecule is Cc1ccc(NCC(=O)NN=Cc2ccc([N+](=O)[O-])c(O)c2)cc1. The van der Waals surface area contributed by atoms with E-state index in [4.69, 9.17) is 0 Å². The van der Waals surface area contributed by atoms with Crippen molar-refractivity contribution < 1.29 is 14.8 Å². The molecule has 124 valence electrons. The summed E-state index contributed by atoms with van der Waals surface area (Å²) in [6, 6.07) is 11.4. The Morgan fingerprint density at radius 1 is 1.29 bits per heavy atom. The molecule has 0 saturated carbocycles. The fourth-order valence-electron chi connectivity index (χ4n) is 1.85. The van der Waals surface area contributed by atoms with E-state index in [9.17, 15) is 20.0 Å². The Hall–Kier alpha value is -3.42. The maximum absolute atomic E-state index is 11.7. The van der Waals surface area contributed by atoms with E-state index < -0.39 is 16.4 Å². The maximum Gasteiger partial charge on any atom is 0.310 e. The summed E-state index contributed by atoms with van der Waals surface area (Å²) in [7, 11) is 0. The van der Waals surface area contributed by atoms with E-state index >= 15 is 0 Å². The number of carbonyl (C=O) groups excluding carboxylic acids is 1. The van der Waals surface area contributed by atoms with Gasteiger partial charge < -0.3 is 10.4 Å². The fraction of sp³-hybridized carbons (Fsp3) is 0.125. The quantitative estimate of drug-likeness (QED) is 0.427. The Labute approximate surface area is 138 Å². The van der Waals surface area contributed by atoms with Gasteiger partial charge in [-0.3, -0.25) is 14.9 Å². The van der Waals surface area contributed by atoms with Crippen LogP contribution >= 0.6 is 0 Å². The topological polar surface area (TPSA) is 117 Å². The average molecular weight is 328 g/mol. The number of anilines is 1. The van der Waals surface area contributed by atoms with Gasteiger partial charge in [-0.25, -0.2) is 5.43 Å². The number of benzene rings is 2. The van der Waals surface area contributed by atoms with Gasteiger partial charge in [-0.05, 0) is 36.8 Å². The van der Waals surface area contributed by atoms with Crippen LogP contribution in [0.25, 0.3) is 0 Å². The van der Waals surface area contributed by atoms with Crippen molar-refractivity contribution in [2.45, 2.75) is 6.92 Å². The lowest BCUT2D eigenvalue weighted by Gasteiger charge is -2.05. The number of phenols is 1. The number of phenolic OH excluding ortho intramolecular Hbond substituents is 1. The van der Waals surface area contributed by atoms with Crippen molar-refractivity contribution in [1.82, 2.24) is 5.43 Å². The second-order valence-corrected chi connectivity index (χ2v) is 5.02. The first-order valence-corrected chi connectivity index (χ1v) is 7.05. The van der Waals surface area contributed by atoms with Crippen molar-refractivity contribution in [3.8, 4) is 5.75 Å². The molecule has 0 spiro atoms. The highest BCUT2D eigenvalue weighted by Crippen LogP contribution is 2.25. The van der Waals surface area contributed by atoms with E-state index in [0.29, 0.717) is 5.56 Å². The first kappa shape index (κ1) is 16.9. The first-order valence-electron chi connectivity index (χ1n) is 7.05. The molecule has 8 heteroatoms. The first-order chi connectivity index (χ1) is 11.5. The van der Waals surface area contributed by atoms with Crippen molar-refractivity contribution in [2.75, 3.05) is 11.9 Å². The average Bonchev–Trinajstić information content (AvgIpc) is 2.54. The molecule has 8 nitrogen and oxygen atoms in total. The number of nitro benzene ring substituents is 1. The molecular formula is C16H16N4O4. The van der Waals surface area contributed by atoms with Gasteiger partial charge in [0, 0.05) is 11.8 Å². The standard InChI is InChI=1S/C16H16N4O4/c1-11-2-5-13(6-3-11)17-10-16(22)19-18-9-12-4-7-14(20(23)24)15(21)8-12/h2-9,17,21H,10H2,1H3,(H,19,22). The molecule has 0 radical (unpaired) electrons. The molecule has 0 saturated heterocycles. The fourth-order valence-corrected chi connectivity index (χ4v) is 1.85. The summed E-state index contributed by atoms with van der Waals surface area (Å²) in [6.07, 6.45) is 1.28. The van der Waals surface area contributed by atoms with Gasteiger partial charge in [-0.2, -0.15) is 5.10 Å². The van der Waals surface area contributed by atoms with E-state index in [1.54, 1.807) is 0 Å². The van der Waals surface area contributed by atoms with Gasteiger partial charge in [0.1, 0.15) is 0 Å². The third kappa shape index (κ3) is 4.80. The number of amides is 1. The van der Waals surface area contributed by atoms with Crippen LogP contribution in [0.1, 0.15) is 11.1 Å². The Morgan fingerprint density at radius 3 is 2.62 bits per heavy atom. The van der Waals surface area contributed by atoms with Crippen LogP contribution in [0, 0.1) is 17.0 Å². The Bertz CT molecular complexity index is 772. The largest absolute Gasteiger partial charge is 0.502 e. The molecule has 1 amide bonds. The second-order valence-electron chi connectivity index (χ2n) is 5.02. The molecule has 2 aromatic rings. The summed E-state index contributed by atoms with van der Waals surface area (Å²) >= 11 is 0. The van der Waals surface area contributed by atoms with Gasteiger partial charge in [-0.15, -0.1) is 0 Å². The number of rotatable bonds is 6. The minimum Gasteiger partial charge on any atom is -0.502 e. The van der Waals surface area contributed by atoms with Gasteiger partial charge >= 0.3 is 5.69 Å². The Balaban J connectivity index is 1.84. The molecule has 0 heterocycles. The van der Waals surface area contributed by atoms with E-state index in [-0.39, 0.29) is 12.5 Å². The molecule has 0 atom stereocenters. The van der Waals surface area contributed by atoms with Gasteiger partial charge in [-0.1, -0.05) is 17.7 Å². The molecule has 2 aromatic carbocycles. The number of nitrogens with one attached hydrogen (secondary N) is 2. The highest BCUT2D eigenvalue weighted by atomic mass is 16.6. The van der Waals surface area contributed by atoms with Crippen molar-refractivity contribution in [2.24, 2.45) is 5.10 Å². The van der Waals surface area contributed by atoms with Crippen LogP contribution in [-0.4, -0.2) is 28.7 Å². The van der Waals surface area contributed by atoms with E-state index in [1.807, 2.05) is 31.2 Å². The van der Waals surface area contributed by atoms with E-state index in [1.165, 1.54) is 18.3 Å². The third-order valence-corrected chi connectivity index (χ3v) is 3.10. The molecule has 0 aliphatic heterocycles. The number of hydrogen-bond donors (Lipinski definition) is 3. The van der Waals surface area contributed by atoms with Crippen LogP contribution in [0.4, 0.5) is 11.4 Å². The van der Waals surface area contributed by atoms with Crippen LogP contribution in [-0.2, 0) is 4.79 Å². The van der Waals surface area contributed by atoms with Crippen LogP contribution in [0.3, 0.4) is 0 Å². The normalized spacial score (nSPS) is 10.5. The van der Waals surface area contributed by atoms with Crippen molar-refractivity contribution in [3.05, 3.63) is 63.7 Å². The Morgan fingerprint density at radius 2 is 2.00 bits per heavy atom.